The number of pyridine rings is 1. The van der Waals surface area contributed by atoms with Crippen molar-refractivity contribution in [3.05, 3.63) is 65.4 Å². The summed E-state index contributed by atoms with van der Waals surface area (Å²) in [5.74, 6) is -0.845. The van der Waals surface area contributed by atoms with Gasteiger partial charge in [-0.25, -0.2) is 13.8 Å². The van der Waals surface area contributed by atoms with Gasteiger partial charge >= 0.3 is 0 Å². The van der Waals surface area contributed by atoms with E-state index >= 15 is 4.39 Å². The van der Waals surface area contributed by atoms with Gasteiger partial charge in [-0.3, -0.25) is 4.68 Å². The van der Waals surface area contributed by atoms with E-state index in [1.165, 1.54) is 18.2 Å². The predicted octanol–water partition coefficient (Wildman–Crippen LogP) is 4.49. The van der Waals surface area contributed by atoms with Crippen LogP contribution in [0.15, 0.2) is 42.6 Å². The summed E-state index contributed by atoms with van der Waals surface area (Å²) in [5.41, 5.74) is 6.34. The van der Waals surface area contributed by atoms with Crippen molar-refractivity contribution >= 4 is 16.7 Å². The van der Waals surface area contributed by atoms with Gasteiger partial charge in [-0.15, -0.1) is 0 Å². The average Bonchev–Trinajstić information content (AvgIpc) is 3.27. The monoisotopic (exact) mass is 527 g/mol. The number of piperidine rings is 1. The van der Waals surface area contributed by atoms with E-state index in [9.17, 15) is 20.0 Å². The van der Waals surface area contributed by atoms with Crippen LogP contribution in [0.1, 0.15) is 37.8 Å². The van der Waals surface area contributed by atoms with E-state index in [1.807, 2.05) is 4.90 Å². The molecule has 3 heterocycles. The largest absolute Gasteiger partial charge is 0.389 e. The number of fused-ring (bicyclic) bond motifs is 1. The minimum Gasteiger partial charge on any atom is -0.389 e. The molecule has 1 aliphatic heterocycles. The number of halogens is 2. The lowest BCUT2D eigenvalue weighted by molar-refractivity contribution is 0.0580. The third kappa shape index (κ3) is 5.30. The summed E-state index contributed by atoms with van der Waals surface area (Å²) in [4.78, 5) is 6.82. The molecule has 3 N–H and O–H groups in total. The number of hydrogen-bond acceptors (Lipinski definition) is 7. The van der Waals surface area contributed by atoms with E-state index in [0.29, 0.717) is 35.4 Å². The van der Waals surface area contributed by atoms with Gasteiger partial charge in [0.15, 0.2) is 0 Å². The van der Waals surface area contributed by atoms with Gasteiger partial charge in [0, 0.05) is 53.5 Å². The van der Waals surface area contributed by atoms with Gasteiger partial charge < -0.3 is 15.7 Å². The van der Waals surface area contributed by atoms with E-state index in [1.54, 1.807) is 49.0 Å². The van der Waals surface area contributed by atoms with Crippen molar-refractivity contribution in [2.45, 2.75) is 44.9 Å². The van der Waals surface area contributed by atoms with Crippen molar-refractivity contribution in [3.8, 4) is 34.5 Å². The third-order valence-corrected chi connectivity index (χ3v) is 6.81. The van der Waals surface area contributed by atoms with Crippen LogP contribution in [0, 0.1) is 34.3 Å². The van der Waals surface area contributed by atoms with Crippen LogP contribution >= 0.6 is 0 Å². The lowest BCUT2D eigenvalue weighted by atomic mass is 9.93. The van der Waals surface area contributed by atoms with Gasteiger partial charge in [-0.05, 0) is 51.0 Å². The van der Waals surface area contributed by atoms with Crippen molar-refractivity contribution in [3.63, 3.8) is 0 Å². The number of nitriles is 2. The second-order valence-corrected chi connectivity index (χ2v) is 10.5. The first-order valence-corrected chi connectivity index (χ1v) is 12.6. The Labute approximate surface area is 224 Å². The number of hydrogen-bond donors (Lipinski definition) is 2. The van der Waals surface area contributed by atoms with E-state index < -0.39 is 17.2 Å². The molecule has 0 radical (unpaired) electrons. The molecule has 0 amide bonds. The normalized spacial score (nSPS) is 14.4. The Morgan fingerprint density at radius 2 is 1.77 bits per heavy atom. The molecule has 8 nitrogen and oxygen atoms in total. The van der Waals surface area contributed by atoms with E-state index in [0.717, 1.165) is 12.8 Å². The molecule has 39 heavy (non-hydrogen) atoms. The molecule has 0 bridgehead atoms. The zero-order valence-corrected chi connectivity index (χ0v) is 21.6. The quantitative estimate of drug-likeness (QED) is 0.392. The highest BCUT2D eigenvalue weighted by atomic mass is 19.1. The van der Waals surface area contributed by atoms with Gasteiger partial charge in [0.2, 0.25) is 0 Å². The van der Waals surface area contributed by atoms with Crippen LogP contribution < -0.4 is 10.6 Å². The number of benzene rings is 2. The molecule has 5 rings (SSSR count). The molecule has 0 atom stereocenters. The zero-order valence-electron chi connectivity index (χ0n) is 21.6. The zero-order chi connectivity index (χ0) is 27.9. The minimum absolute atomic E-state index is 0.0844. The van der Waals surface area contributed by atoms with Gasteiger partial charge in [0.25, 0.3) is 0 Å². The van der Waals surface area contributed by atoms with Gasteiger partial charge in [0.1, 0.15) is 23.5 Å². The number of aromatic nitrogens is 3. The second-order valence-electron chi connectivity index (χ2n) is 10.5. The average molecular weight is 528 g/mol. The van der Waals surface area contributed by atoms with Gasteiger partial charge in [-0.2, -0.15) is 15.6 Å². The summed E-state index contributed by atoms with van der Waals surface area (Å²) in [6.07, 6.45) is 3.21. The summed E-state index contributed by atoms with van der Waals surface area (Å²) in [5, 5.41) is 34.5. The van der Waals surface area contributed by atoms with Crippen molar-refractivity contribution in [1.82, 2.24) is 14.8 Å². The molecular weight excluding hydrogens is 500 g/mol. The van der Waals surface area contributed by atoms with E-state index in [4.69, 9.17) is 10.7 Å². The third-order valence-electron chi connectivity index (χ3n) is 6.81. The van der Waals surface area contributed by atoms with Crippen LogP contribution in [0.2, 0.25) is 0 Å². The fourth-order valence-electron chi connectivity index (χ4n) is 4.91. The Morgan fingerprint density at radius 1 is 1.05 bits per heavy atom. The first-order chi connectivity index (χ1) is 18.6. The fourth-order valence-corrected chi connectivity index (χ4v) is 4.91. The molecule has 10 heteroatoms. The summed E-state index contributed by atoms with van der Waals surface area (Å²) in [6.45, 7) is 4.78. The SMILES string of the molecule is CC(C)(O)Cn1cc2cc(-c3c(C#N)cc(N4CCC(N)CC4)nc3-c3ccc(C#N)c(F)c3)c(F)cc2n1. The Balaban J connectivity index is 1.72. The first-order valence-electron chi connectivity index (χ1n) is 12.6. The van der Waals surface area contributed by atoms with Crippen LogP contribution in [0.4, 0.5) is 14.6 Å². The van der Waals surface area contributed by atoms with Crippen molar-refractivity contribution in [1.29, 1.82) is 10.5 Å². The molecule has 2 aromatic carbocycles. The summed E-state index contributed by atoms with van der Waals surface area (Å²) < 4.78 is 32.0. The fraction of sp³-hybridized carbons (Fsp3) is 0.310. The van der Waals surface area contributed by atoms with Crippen molar-refractivity contribution < 1.29 is 13.9 Å². The highest BCUT2D eigenvalue weighted by Crippen LogP contribution is 2.39. The molecule has 0 aliphatic carbocycles. The standard InChI is InChI=1S/C29H27F2N7O/c1-29(2,39)16-38-15-20-9-22(24(31)12-25(20)36-38)27-19(14-33)11-26(37-7-5-21(34)6-8-37)35-28(27)17-3-4-18(13-32)23(30)10-17/h3-4,9-12,15,21,39H,5-8,16,34H2,1-2H3. The number of rotatable bonds is 5. The van der Waals surface area contributed by atoms with Gasteiger partial charge in [0.05, 0.1) is 40.6 Å². The summed E-state index contributed by atoms with van der Waals surface area (Å²) >= 11 is 0. The van der Waals surface area contributed by atoms with Gasteiger partial charge in [-0.1, -0.05) is 6.07 Å². The maximum Gasteiger partial charge on any atom is 0.141 e. The maximum atomic E-state index is 15.7. The topological polar surface area (TPSA) is 128 Å². The first kappa shape index (κ1) is 26.2. The van der Waals surface area contributed by atoms with Crippen molar-refractivity contribution in [2.75, 3.05) is 18.0 Å². The Hall–Kier alpha value is -4.38. The number of nitrogens with zero attached hydrogens (tertiary/aromatic N) is 6. The molecule has 1 aliphatic rings. The van der Waals surface area contributed by atoms with Crippen LogP contribution in [0.25, 0.3) is 33.3 Å². The number of nitrogens with two attached hydrogens (primary N) is 1. The lowest BCUT2D eigenvalue weighted by Crippen LogP contribution is -2.40. The van der Waals surface area contributed by atoms with Crippen LogP contribution in [-0.4, -0.2) is 44.6 Å². The highest BCUT2D eigenvalue weighted by Gasteiger charge is 2.25. The molecule has 0 saturated carbocycles. The molecule has 1 saturated heterocycles. The Bertz CT molecular complexity index is 1650. The molecule has 198 valence electrons. The molecule has 0 spiro atoms. The smallest absolute Gasteiger partial charge is 0.141 e. The van der Waals surface area contributed by atoms with Crippen molar-refractivity contribution in [2.24, 2.45) is 5.73 Å². The lowest BCUT2D eigenvalue weighted by Gasteiger charge is -2.31. The van der Waals surface area contributed by atoms with E-state index in [-0.39, 0.29) is 40.5 Å². The Kier molecular flexibility index (Phi) is 6.77. The molecular formula is C29H27F2N7O. The predicted molar refractivity (Wildman–Crippen MR) is 143 cm³/mol. The molecule has 1 fully saturated rings. The van der Waals surface area contributed by atoms with Crippen LogP contribution in [-0.2, 0) is 6.54 Å². The number of aliphatic hydroxyl groups is 1. The van der Waals surface area contributed by atoms with E-state index in [2.05, 4.69) is 11.2 Å². The molecule has 0 unspecified atom stereocenters. The molecule has 2 aromatic heterocycles. The minimum atomic E-state index is -1.03. The maximum absolute atomic E-state index is 15.7. The summed E-state index contributed by atoms with van der Waals surface area (Å²) in [7, 11) is 0. The highest BCUT2D eigenvalue weighted by molar-refractivity contribution is 5.92. The Morgan fingerprint density at radius 3 is 2.41 bits per heavy atom. The number of anilines is 1. The summed E-state index contributed by atoms with van der Waals surface area (Å²) in [6, 6.07) is 12.6. The molecule has 4 aromatic rings. The van der Waals surface area contributed by atoms with Crippen LogP contribution in [0.5, 0.6) is 0 Å². The van der Waals surface area contributed by atoms with Crippen LogP contribution in [0.3, 0.4) is 0 Å². The second kappa shape index (κ2) is 10.1.